The number of amidine groups is 1. The molecule has 0 saturated carbocycles. The number of ether oxygens (including phenoxy) is 1. The van der Waals surface area contributed by atoms with Crippen molar-refractivity contribution in [1.29, 1.82) is 10.8 Å². The molecule has 0 amide bonds. The van der Waals surface area contributed by atoms with Gasteiger partial charge in [0.1, 0.15) is 0 Å². The normalized spacial score (nSPS) is 22.4. The lowest BCUT2D eigenvalue weighted by molar-refractivity contribution is 0.00578. The van der Waals surface area contributed by atoms with Crippen LogP contribution in [0.2, 0.25) is 0 Å². The van der Waals surface area contributed by atoms with E-state index in [0.29, 0.717) is 0 Å². The SMILES string of the molecule is CC(=N)OC(=N)N1CCN(C(C)c2ccc(B3OC(C)(C)C(C)(C)O3)cc2)CC1. The molecule has 2 heterocycles. The van der Waals surface area contributed by atoms with Gasteiger partial charge in [-0.3, -0.25) is 15.7 Å². The van der Waals surface area contributed by atoms with Gasteiger partial charge >= 0.3 is 7.12 Å². The van der Waals surface area contributed by atoms with Crippen LogP contribution in [-0.4, -0.2) is 66.2 Å². The van der Waals surface area contributed by atoms with Crippen molar-refractivity contribution in [3.8, 4) is 0 Å². The molecule has 158 valence electrons. The van der Waals surface area contributed by atoms with E-state index in [1.54, 1.807) is 6.92 Å². The van der Waals surface area contributed by atoms with E-state index in [1.165, 1.54) is 5.56 Å². The maximum absolute atomic E-state index is 7.93. The summed E-state index contributed by atoms with van der Waals surface area (Å²) in [6.07, 6.45) is 0. The number of hydrogen-bond acceptors (Lipinski definition) is 6. The molecule has 2 aliphatic heterocycles. The Hall–Kier alpha value is -1.90. The van der Waals surface area contributed by atoms with E-state index in [4.69, 9.17) is 24.9 Å². The van der Waals surface area contributed by atoms with Crippen LogP contribution in [-0.2, 0) is 14.0 Å². The summed E-state index contributed by atoms with van der Waals surface area (Å²) < 4.78 is 17.4. The van der Waals surface area contributed by atoms with Gasteiger partial charge in [-0.1, -0.05) is 24.3 Å². The van der Waals surface area contributed by atoms with Gasteiger partial charge < -0.3 is 18.9 Å². The highest BCUT2D eigenvalue weighted by atomic mass is 16.7. The molecule has 0 aromatic heterocycles. The summed E-state index contributed by atoms with van der Waals surface area (Å²) >= 11 is 0. The molecule has 1 unspecified atom stereocenters. The molecule has 7 nitrogen and oxygen atoms in total. The zero-order valence-corrected chi connectivity index (χ0v) is 18.4. The van der Waals surface area contributed by atoms with Gasteiger partial charge in [0, 0.05) is 39.1 Å². The van der Waals surface area contributed by atoms with Crippen molar-refractivity contribution in [2.75, 3.05) is 26.2 Å². The van der Waals surface area contributed by atoms with E-state index >= 15 is 0 Å². The van der Waals surface area contributed by atoms with Crippen LogP contribution in [0.25, 0.3) is 0 Å². The fourth-order valence-electron chi connectivity index (χ4n) is 3.64. The highest BCUT2D eigenvalue weighted by Crippen LogP contribution is 2.36. The maximum Gasteiger partial charge on any atom is 0.494 e. The third-order valence-electron chi connectivity index (χ3n) is 6.34. The van der Waals surface area contributed by atoms with Crippen molar-refractivity contribution in [3.63, 3.8) is 0 Å². The number of rotatable bonds is 3. The molecule has 8 heteroatoms. The predicted octanol–water partition coefficient (Wildman–Crippen LogP) is 2.61. The summed E-state index contributed by atoms with van der Waals surface area (Å²) in [5, 5.41) is 15.3. The highest BCUT2D eigenvalue weighted by molar-refractivity contribution is 6.62. The van der Waals surface area contributed by atoms with Crippen LogP contribution in [0.3, 0.4) is 0 Å². The van der Waals surface area contributed by atoms with E-state index in [9.17, 15) is 0 Å². The fraction of sp³-hybridized carbons (Fsp3) is 0.619. The first-order valence-electron chi connectivity index (χ1n) is 10.3. The molecule has 0 aliphatic carbocycles. The van der Waals surface area contributed by atoms with E-state index in [0.717, 1.165) is 31.6 Å². The van der Waals surface area contributed by atoms with Crippen LogP contribution >= 0.6 is 0 Å². The zero-order valence-electron chi connectivity index (χ0n) is 18.4. The van der Waals surface area contributed by atoms with Gasteiger partial charge in [-0.2, -0.15) is 0 Å². The molecule has 1 aromatic carbocycles. The average molecular weight is 400 g/mol. The summed E-state index contributed by atoms with van der Waals surface area (Å²) in [5.41, 5.74) is 1.62. The Morgan fingerprint density at radius 3 is 2.00 bits per heavy atom. The molecule has 3 rings (SSSR count). The smallest absolute Gasteiger partial charge is 0.412 e. The van der Waals surface area contributed by atoms with Crippen LogP contribution in [0.4, 0.5) is 0 Å². The van der Waals surface area contributed by atoms with E-state index < -0.39 is 0 Å². The Balaban J connectivity index is 1.58. The quantitative estimate of drug-likeness (QED) is 0.463. The predicted molar refractivity (Wildman–Crippen MR) is 116 cm³/mol. The number of nitrogens with zero attached hydrogens (tertiary/aromatic N) is 2. The van der Waals surface area contributed by atoms with Crippen LogP contribution < -0.4 is 5.46 Å². The van der Waals surface area contributed by atoms with Crippen LogP contribution in [0.1, 0.15) is 53.1 Å². The minimum absolute atomic E-state index is 0.0490. The minimum Gasteiger partial charge on any atom is -0.412 e. The summed E-state index contributed by atoms with van der Waals surface area (Å²) in [4.78, 5) is 4.29. The van der Waals surface area contributed by atoms with Gasteiger partial charge in [-0.25, -0.2) is 0 Å². The van der Waals surface area contributed by atoms with Gasteiger partial charge in [0.05, 0.1) is 11.2 Å². The van der Waals surface area contributed by atoms with Gasteiger partial charge in [0.2, 0.25) is 0 Å². The third kappa shape index (κ3) is 4.65. The largest absolute Gasteiger partial charge is 0.494 e. The Morgan fingerprint density at radius 1 is 1.00 bits per heavy atom. The van der Waals surface area contributed by atoms with Crippen molar-refractivity contribution >= 4 is 24.5 Å². The molecular formula is C21H33BN4O3. The Bertz CT molecular complexity index is 742. The summed E-state index contributed by atoms with van der Waals surface area (Å²) in [5.74, 6) is 0.0490. The lowest BCUT2D eigenvalue weighted by Crippen LogP contribution is -2.49. The van der Waals surface area contributed by atoms with Crippen molar-refractivity contribution in [2.24, 2.45) is 0 Å². The first-order valence-corrected chi connectivity index (χ1v) is 10.3. The molecule has 0 spiro atoms. The fourth-order valence-corrected chi connectivity index (χ4v) is 3.64. The Kier molecular flexibility index (Phi) is 6.08. The molecule has 2 fully saturated rings. The molecule has 2 aliphatic rings. The second kappa shape index (κ2) is 8.09. The third-order valence-corrected chi connectivity index (χ3v) is 6.34. The van der Waals surface area contributed by atoms with Crippen molar-refractivity contribution in [2.45, 2.75) is 58.8 Å². The molecule has 2 saturated heterocycles. The summed E-state index contributed by atoms with van der Waals surface area (Å²) in [6.45, 7) is 15.2. The first kappa shape index (κ1) is 21.8. The minimum atomic E-state index is -0.337. The maximum atomic E-state index is 7.93. The molecule has 0 bridgehead atoms. The molecule has 2 N–H and O–H groups in total. The molecule has 1 atom stereocenters. The lowest BCUT2D eigenvalue weighted by atomic mass is 9.78. The van der Waals surface area contributed by atoms with E-state index in [2.05, 4.69) is 63.8 Å². The summed E-state index contributed by atoms with van der Waals surface area (Å²) in [7, 11) is -0.337. The molecule has 29 heavy (non-hydrogen) atoms. The van der Waals surface area contributed by atoms with Crippen LogP contribution in [0, 0.1) is 10.8 Å². The highest BCUT2D eigenvalue weighted by Gasteiger charge is 2.51. The van der Waals surface area contributed by atoms with Gasteiger partial charge in [-0.05, 0) is 45.6 Å². The topological polar surface area (TPSA) is 81.9 Å². The van der Waals surface area contributed by atoms with Crippen LogP contribution in [0.15, 0.2) is 24.3 Å². The Labute approximate surface area is 174 Å². The second-order valence-electron chi connectivity index (χ2n) is 8.92. The van der Waals surface area contributed by atoms with Gasteiger partial charge in [-0.15, -0.1) is 0 Å². The van der Waals surface area contributed by atoms with Gasteiger partial charge in [0.25, 0.3) is 6.02 Å². The van der Waals surface area contributed by atoms with E-state index in [1.807, 2.05) is 4.90 Å². The van der Waals surface area contributed by atoms with Crippen LogP contribution in [0.5, 0.6) is 0 Å². The first-order chi connectivity index (χ1) is 13.5. The second-order valence-corrected chi connectivity index (χ2v) is 8.92. The van der Waals surface area contributed by atoms with Crippen molar-refractivity contribution in [1.82, 2.24) is 9.80 Å². The summed E-state index contributed by atoms with van der Waals surface area (Å²) in [6, 6.07) is 8.85. The molecule has 0 radical (unpaired) electrons. The Morgan fingerprint density at radius 2 is 1.52 bits per heavy atom. The number of hydrogen-bond donors (Lipinski definition) is 2. The molecular weight excluding hydrogens is 367 g/mol. The van der Waals surface area contributed by atoms with Crippen molar-refractivity contribution < 1.29 is 14.0 Å². The monoisotopic (exact) mass is 400 g/mol. The average Bonchev–Trinajstić information content (AvgIpc) is 2.88. The standard InChI is InChI=1S/C21H33BN4O3/c1-15(25-11-13-26(14-12-25)19(24)27-16(2)23)17-7-9-18(10-8-17)22-28-20(3,4)21(5,6)29-22/h7-10,15,23-24H,11-14H2,1-6H3. The molecule has 1 aromatic rings. The zero-order chi connectivity index (χ0) is 21.4. The number of nitrogens with one attached hydrogen (secondary N) is 2. The van der Waals surface area contributed by atoms with Crippen molar-refractivity contribution in [3.05, 3.63) is 29.8 Å². The number of piperazine rings is 1. The van der Waals surface area contributed by atoms with Gasteiger partial charge in [0.15, 0.2) is 5.90 Å². The van der Waals surface area contributed by atoms with E-state index in [-0.39, 0.29) is 36.3 Å². The lowest BCUT2D eigenvalue weighted by Gasteiger charge is -2.38. The number of benzene rings is 1.